The highest BCUT2D eigenvalue weighted by atomic mass is 31.2. The number of rotatable bonds is 62. The number of esters is 4. The molecule has 0 radical (unpaired) electrons. The Morgan fingerprint density at radius 2 is 0.561 bits per heavy atom. The molecule has 0 aliphatic rings. The van der Waals surface area contributed by atoms with Crippen LogP contribution in [-0.4, -0.2) is 96.7 Å². The normalized spacial score (nSPS) is 14.3. The quantitative estimate of drug-likeness (QED) is 0.0222. The van der Waals surface area contributed by atoms with Gasteiger partial charge in [0.05, 0.1) is 26.4 Å². The molecule has 0 saturated carbocycles. The molecule has 19 heteroatoms. The lowest BCUT2D eigenvalue weighted by Gasteiger charge is -2.21. The molecule has 0 bridgehead atoms. The first-order valence-electron chi connectivity index (χ1n) is 33.0. The largest absolute Gasteiger partial charge is 0.472 e. The first-order chi connectivity index (χ1) is 39.4. The van der Waals surface area contributed by atoms with Crippen LogP contribution in [0.5, 0.6) is 0 Å². The summed E-state index contributed by atoms with van der Waals surface area (Å²) < 4.78 is 67.7. The fourth-order valence-corrected chi connectivity index (χ4v) is 10.9. The van der Waals surface area contributed by atoms with Crippen molar-refractivity contribution in [2.75, 3.05) is 39.6 Å². The highest BCUT2D eigenvalue weighted by molar-refractivity contribution is 7.47. The molecule has 5 atom stereocenters. The van der Waals surface area contributed by atoms with E-state index in [1.165, 1.54) is 109 Å². The Hall–Kier alpha value is -1.94. The van der Waals surface area contributed by atoms with Crippen LogP contribution in [0, 0.1) is 11.8 Å². The Morgan fingerprint density at radius 1 is 0.329 bits per heavy atom. The molecule has 0 fully saturated rings. The summed E-state index contributed by atoms with van der Waals surface area (Å²) in [5, 5.41) is 10.5. The Kier molecular flexibility index (Phi) is 54.3. The van der Waals surface area contributed by atoms with Crippen molar-refractivity contribution in [3.63, 3.8) is 0 Å². The van der Waals surface area contributed by atoms with Gasteiger partial charge in [-0.15, -0.1) is 0 Å². The van der Waals surface area contributed by atoms with E-state index in [4.69, 9.17) is 37.0 Å². The average Bonchev–Trinajstić information content (AvgIpc) is 3.45. The Morgan fingerprint density at radius 3 is 0.829 bits per heavy atom. The van der Waals surface area contributed by atoms with Crippen molar-refractivity contribution in [3.8, 4) is 0 Å². The lowest BCUT2D eigenvalue weighted by atomic mass is 10.0. The van der Waals surface area contributed by atoms with Crippen LogP contribution in [0.3, 0.4) is 0 Å². The van der Waals surface area contributed by atoms with Crippen molar-refractivity contribution in [2.24, 2.45) is 11.8 Å². The lowest BCUT2D eigenvalue weighted by molar-refractivity contribution is -0.161. The van der Waals surface area contributed by atoms with Crippen LogP contribution in [0.4, 0.5) is 0 Å². The zero-order chi connectivity index (χ0) is 60.8. The lowest BCUT2D eigenvalue weighted by Crippen LogP contribution is -2.30. The van der Waals surface area contributed by atoms with E-state index >= 15 is 0 Å². The minimum absolute atomic E-state index is 0.103. The molecule has 3 N–H and O–H groups in total. The van der Waals surface area contributed by atoms with E-state index in [0.29, 0.717) is 25.7 Å². The molecule has 0 heterocycles. The van der Waals surface area contributed by atoms with Crippen LogP contribution in [0.15, 0.2) is 0 Å². The van der Waals surface area contributed by atoms with Gasteiger partial charge in [-0.2, -0.15) is 0 Å². The number of unbranched alkanes of at least 4 members (excludes halogenated alkanes) is 32. The van der Waals surface area contributed by atoms with Crippen LogP contribution < -0.4 is 0 Å². The SMILES string of the molecule is CCCCCCCCCC(=O)O[C@H](COC(=O)CCCCCCC)COP(=O)(O)OC[C@H](O)COP(=O)(O)OC[C@@H](COC(=O)CCCCCCCCCCCCC(C)C)OC(=O)CCCCCCCCCCCCCCCCC(C)C. The molecule has 0 aliphatic heterocycles. The summed E-state index contributed by atoms with van der Waals surface area (Å²) in [4.78, 5) is 71.8. The Bertz CT molecular complexity index is 1620. The number of aliphatic hydroxyl groups is 1. The van der Waals surface area contributed by atoms with Gasteiger partial charge in [0.15, 0.2) is 12.2 Å². The average molecular weight is 1210 g/mol. The molecule has 0 aromatic rings. The third kappa shape index (κ3) is 57.2. The number of phosphoric ester groups is 2. The van der Waals surface area contributed by atoms with Crippen molar-refractivity contribution in [3.05, 3.63) is 0 Å². The topological polar surface area (TPSA) is 237 Å². The first kappa shape index (κ1) is 80.1. The minimum Gasteiger partial charge on any atom is -0.462 e. The molecule has 0 saturated heterocycles. The Labute approximate surface area is 498 Å². The molecule has 0 aliphatic carbocycles. The maximum Gasteiger partial charge on any atom is 0.472 e. The van der Waals surface area contributed by atoms with Crippen LogP contribution in [0.2, 0.25) is 0 Å². The monoisotopic (exact) mass is 1210 g/mol. The first-order valence-corrected chi connectivity index (χ1v) is 36.0. The molecule has 0 spiro atoms. The van der Waals surface area contributed by atoms with Gasteiger partial charge in [-0.05, 0) is 37.5 Å². The molecule has 2 unspecified atom stereocenters. The summed E-state index contributed by atoms with van der Waals surface area (Å²) >= 11 is 0. The standard InChI is InChI=1S/C63H122O17P2/c1-7-9-11-13-26-35-41-47-62(67)79-58(51-73-60(65)45-39-31-12-10-8-2)53-77-81(69,70)75-49-57(64)50-76-82(71,72)78-54-59(52-74-61(66)46-40-34-29-24-21-20-23-28-33-38-44-56(5)6)80-63(68)48-42-36-30-25-19-17-15-14-16-18-22-27-32-37-43-55(3)4/h55-59,64H,7-54H2,1-6H3,(H,69,70)(H,71,72)/t57-,58+,59+/m0/s1. The maximum absolute atomic E-state index is 13.0. The van der Waals surface area contributed by atoms with E-state index in [-0.39, 0.29) is 25.7 Å². The zero-order valence-electron chi connectivity index (χ0n) is 52.8. The van der Waals surface area contributed by atoms with Gasteiger partial charge in [-0.3, -0.25) is 37.3 Å². The van der Waals surface area contributed by atoms with Gasteiger partial charge in [0, 0.05) is 25.7 Å². The van der Waals surface area contributed by atoms with Crippen LogP contribution in [0.1, 0.15) is 311 Å². The molecule has 486 valence electrons. The van der Waals surface area contributed by atoms with Gasteiger partial charge in [-0.25, -0.2) is 9.13 Å². The fourth-order valence-electron chi connectivity index (χ4n) is 9.35. The van der Waals surface area contributed by atoms with E-state index in [0.717, 1.165) is 121 Å². The second-order valence-corrected chi connectivity index (χ2v) is 26.7. The van der Waals surface area contributed by atoms with E-state index in [9.17, 15) is 43.2 Å². The smallest absolute Gasteiger partial charge is 0.462 e. The molecule has 0 aromatic carbocycles. The van der Waals surface area contributed by atoms with E-state index in [1.54, 1.807) is 0 Å². The van der Waals surface area contributed by atoms with Crippen LogP contribution >= 0.6 is 15.6 Å². The summed E-state index contributed by atoms with van der Waals surface area (Å²) in [6.45, 7) is 9.37. The molecular formula is C63H122O17P2. The number of ether oxygens (including phenoxy) is 4. The summed E-state index contributed by atoms with van der Waals surface area (Å²) in [5.74, 6) is -0.596. The van der Waals surface area contributed by atoms with Crippen molar-refractivity contribution >= 4 is 39.5 Å². The van der Waals surface area contributed by atoms with Crippen molar-refractivity contribution in [1.29, 1.82) is 0 Å². The third-order valence-corrected chi connectivity index (χ3v) is 16.4. The molecule has 0 rings (SSSR count). The van der Waals surface area contributed by atoms with E-state index in [2.05, 4.69) is 41.5 Å². The van der Waals surface area contributed by atoms with Crippen LogP contribution in [0.25, 0.3) is 0 Å². The highest BCUT2D eigenvalue weighted by Crippen LogP contribution is 2.45. The molecule has 17 nitrogen and oxygen atoms in total. The fraction of sp³-hybridized carbons (Fsp3) is 0.937. The van der Waals surface area contributed by atoms with Gasteiger partial charge in [0.1, 0.15) is 19.3 Å². The number of phosphoric acid groups is 2. The third-order valence-electron chi connectivity index (χ3n) is 14.5. The minimum atomic E-state index is -4.94. The van der Waals surface area contributed by atoms with Gasteiger partial charge >= 0.3 is 39.5 Å². The number of carbonyl (C=O) groups excluding carboxylic acids is 4. The second-order valence-electron chi connectivity index (χ2n) is 23.7. The van der Waals surface area contributed by atoms with E-state index in [1.807, 2.05) is 0 Å². The molecular weight excluding hydrogens is 1090 g/mol. The molecule has 0 amide bonds. The Balaban J connectivity index is 5.14. The predicted molar refractivity (Wildman–Crippen MR) is 326 cm³/mol. The summed E-state index contributed by atoms with van der Waals surface area (Å²) in [7, 11) is -9.87. The van der Waals surface area contributed by atoms with Crippen molar-refractivity contribution < 1.29 is 80.2 Å². The second kappa shape index (κ2) is 55.6. The highest BCUT2D eigenvalue weighted by Gasteiger charge is 2.30. The number of hydrogen-bond acceptors (Lipinski definition) is 15. The van der Waals surface area contributed by atoms with Crippen LogP contribution in [-0.2, 0) is 65.4 Å². The summed E-state index contributed by atoms with van der Waals surface area (Å²) in [6.07, 6.45) is 38.1. The van der Waals surface area contributed by atoms with Crippen molar-refractivity contribution in [2.45, 2.75) is 330 Å². The van der Waals surface area contributed by atoms with Gasteiger partial charge in [-0.1, -0.05) is 260 Å². The van der Waals surface area contributed by atoms with Crippen molar-refractivity contribution in [1.82, 2.24) is 0 Å². The van der Waals surface area contributed by atoms with Gasteiger partial charge < -0.3 is 33.8 Å². The van der Waals surface area contributed by atoms with Gasteiger partial charge in [0.25, 0.3) is 0 Å². The zero-order valence-corrected chi connectivity index (χ0v) is 54.6. The predicted octanol–water partition coefficient (Wildman–Crippen LogP) is 17.3. The van der Waals surface area contributed by atoms with E-state index < -0.39 is 97.5 Å². The summed E-state index contributed by atoms with van der Waals surface area (Å²) in [5.41, 5.74) is 0. The molecule has 0 aromatic heterocycles. The number of hydrogen-bond donors (Lipinski definition) is 3. The number of aliphatic hydroxyl groups excluding tert-OH is 1. The van der Waals surface area contributed by atoms with Gasteiger partial charge in [0.2, 0.25) is 0 Å². The maximum atomic E-state index is 13.0. The summed E-state index contributed by atoms with van der Waals surface area (Å²) in [6, 6.07) is 0. The number of carbonyl (C=O) groups is 4. The molecule has 82 heavy (non-hydrogen) atoms.